The van der Waals surface area contributed by atoms with Crippen LogP contribution in [0.25, 0.3) is 22.2 Å². The summed E-state index contributed by atoms with van der Waals surface area (Å²) in [5, 5.41) is 0.905. The van der Waals surface area contributed by atoms with Gasteiger partial charge in [0.15, 0.2) is 0 Å². The van der Waals surface area contributed by atoms with Gasteiger partial charge in [0, 0.05) is 34.5 Å². The number of halogens is 3. The summed E-state index contributed by atoms with van der Waals surface area (Å²) in [4.78, 5) is 29.7. The Bertz CT molecular complexity index is 2010. The van der Waals surface area contributed by atoms with Crippen molar-refractivity contribution in [1.82, 2.24) is 14.2 Å². The number of amides is 2. The van der Waals surface area contributed by atoms with Gasteiger partial charge in [0.25, 0.3) is 11.9 Å². The Hall–Kier alpha value is -4.20. The van der Waals surface area contributed by atoms with E-state index >= 15 is 0 Å². The van der Waals surface area contributed by atoms with E-state index in [9.17, 15) is 31.2 Å². The van der Waals surface area contributed by atoms with Gasteiger partial charge in [0.1, 0.15) is 25.0 Å². The molecule has 1 saturated heterocycles. The molecule has 2 atom stereocenters. The topological polar surface area (TPSA) is 116 Å². The van der Waals surface area contributed by atoms with Crippen molar-refractivity contribution in [2.75, 3.05) is 26.1 Å². The molecular weight excluding hydrogens is 663 g/mol. The number of benzene rings is 2. The number of alkyl halides is 3. The molecule has 2 saturated carbocycles. The smallest absolute Gasteiger partial charge is 0.390 e. The summed E-state index contributed by atoms with van der Waals surface area (Å²) in [6.07, 6.45) is 1.22. The lowest BCUT2D eigenvalue weighted by Gasteiger charge is -2.39. The summed E-state index contributed by atoms with van der Waals surface area (Å²) in [6.45, 7) is 1.00. The summed E-state index contributed by atoms with van der Waals surface area (Å²) in [7, 11) is -2.94. The van der Waals surface area contributed by atoms with Crippen LogP contribution in [0, 0.1) is 5.41 Å². The van der Waals surface area contributed by atoms with Gasteiger partial charge >= 0.3 is 6.18 Å². The average Bonchev–Trinajstić information content (AvgIpc) is 3.77. The van der Waals surface area contributed by atoms with Crippen molar-refractivity contribution in [1.29, 1.82) is 0 Å². The maximum Gasteiger partial charge on any atom is 0.390 e. The number of carbonyl (C=O) groups is 2. The zero-order valence-corrected chi connectivity index (χ0v) is 27.7. The van der Waals surface area contributed by atoms with Gasteiger partial charge in [0.2, 0.25) is 15.9 Å². The highest BCUT2D eigenvalue weighted by molar-refractivity contribution is 7.90. The maximum absolute atomic E-state index is 14.7. The van der Waals surface area contributed by atoms with Crippen molar-refractivity contribution in [3.63, 3.8) is 0 Å². The van der Waals surface area contributed by atoms with E-state index in [1.165, 1.54) is 6.07 Å². The van der Waals surface area contributed by atoms with Crippen molar-refractivity contribution in [3.05, 3.63) is 65.2 Å². The van der Waals surface area contributed by atoms with E-state index in [-0.39, 0.29) is 29.3 Å². The van der Waals surface area contributed by atoms with E-state index in [1.807, 2.05) is 29.0 Å². The minimum Gasteiger partial charge on any atom is -0.497 e. The zero-order chi connectivity index (χ0) is 34.3. The summed E-state index contributed by atoms with van der Waals surface area (Å²) < 4.78 is 84.0. The van der Waals surface area contributed by atoms with Crippen molar-refractivity contribution in [2.45, 2.75) is 75.5 Å². The van der Waals surface area contributed by atoms with Gasteiger partial charge in [-0.15, -0.1) is 0 Å². The molecule has 260 valence electrons. The lowest BCUT2D eigenvalue weighted by molar-refractivity contribution is -0.150. The molecule has 1 N–H and O–H groups in total. The molecule has 10 nitrogen and oxygen atoms in total. The summed E-state index contributed by atoms with van der Waals surface area (Å²) in [5.74, 6) is -1.20. The molecule has 14 heteroatoms. The van der Waals surface area contributed by atoms with E-state index in [1.54, 1.807) is 24.3 Å². The number of fused-ring (bicyclic) bond motifs is 10. The lowest BCUT2D eigenvalue weighted by atomic mass is 9.81. The third-order valence-corrected chi connectivity index (χ3v) is 12.1. The van der Waals surface area contributed by atoms with Crippen LogP contribution in [-0.4, -0.2) is 68.0 Å². The molecule has 0 spiro atoms. The van der Waals surface area contributed by atoms with Gasteiger partial charge in [-0.2, -0.15) is 13.2 Å². The number of aromatic nitrogens is 1. The molecule has 2 aliphatic carbocycles. The van der Waals surface area contributed by atoms with Crippen LogP contribution < -0.4 is 9.46 Å². The minimum absolute atomic E-state index is 0.00197. The highest BCUT2D eigenvalue weighted by atomic mass is 32.2. The van der Waals surface area contributed by atoms with E-state index in [0.717, 1.165) is 59.9 Å². The highest BCUT2D eigenvalue weighted by Gasteiger charge is 2.64. The average molecular weight is 700 g/mol. The number of rotatable bonds is 7. The molecule has 2 bridgehead atoms. The Labute approximate surface area is 281 Å². The van der Waals surface area contributed by atoms with Crippen molar-refractivity contribution in [2.24, 2.45) is 5.41 Å². The first-order valence-corrected chi connectivity index (χ1v) is 18.3. The molecule has 6 aliphatic rings. The number of methoxy groups -OCH3 is 1. The number of nitrogens with one attached hydrogen (secondary N) is 1. The van der Waals surface area contributed by atoms with Crippen LogP contribution in [0.1, 0.15) is 78.3 Å². The molecule has 9 rings (SSSR count). The fourth-order valence-electron chi connectivity index (χ4n) is 8.31. The number of ether oxygens (including phenoxy) is 3. The molecule has 5 heterocycles. The quantitative estimate of drug-likeness (QED) is 0.326. The van der Waals surface area contributed by atoms with Gasteiger partial charge in [-0.1, -0.05) is 25.3 Å². The second-order valence-corrected chi connectivity index (χ2v) is 15.7. The highest BCUT2D eigenvalue weighted by Crippen LogP contribution is 2.66. The maximum atomic E-state index is 14.7. The van der Waals surface area contributed by atoms with Crippen LogP contribution >= 0.6 is 0 Å². The molecule has 4 aliphatic heterocycles. The van der Waals surface area contributed by atoms with Gasteiger partial charge in [-0.3, -0.25) is 9.59 Å². The van der Waals surface area contributed by atoms with Gasteiger partial charge in [-0.05, 0) is 66.6 Å². The van der Waals surface area contributed by atoms with Crippen molar-refractivity contribution in [3.8, 4) is 17.0 Å². The largest absolute Gasteiger partial charge is 0.497 e. The van der Waals surface area contributed by atoms with Crippen LogP contribution in [0.2, 0.25) is 0 Å². The van der Waals surface area contributed by atoms with Crippen LogP contribution in [0.4, 0.5) is 13.2 Å². The normalized spacial score (nSPS) is 23.4. The Morgan fingerprint density at radius 2 is 1.82 bits per heavy atom. The van der Waals surface area contributed by atoms with Crippen molar-refractivity contribution >= 4 is 32.7 Å². The van der Waals surface area contributed by atoms with E-state index in [0.29, 0.717) is 43.4 Å². The number of hydrogen-bond acceptors (Lipinski definition) is 7. The molecule has 3 aromatic rings. The third-order valence-electron chi connectivity index (χ3n) is 10.8. The molecular formula is C35H36F3N3O7S. The monoisotopic (exact) mass is 699 g/mol. The van der Waals surface area contributed by atoms with Crippen LogP contribution in [0.5, 0.6) is 5.75 Å². The predicted octanol–water partition coefficient (Wildman–Crippen LogP) is 5.92. The number of sulfonamides is 1. The number of hydrogen-bond donors (Lipinski definition) is 1. The second-order valence-electron chi connectivity index (χ2n) is 13.8. The second kappa shape index (κ2) is 11.4. The standard InChI is InChI=1S/C35H36F3N3O7S/c1-46-23-8-10-24-26(14-23)27-15-34(27,33(43)40-16-29-47-17-22(40)18-48-29)19-41-28-13-21(32(42)39-49(44,45)12-11-35(36,37)38)7-9-25(28)30(31(24)41)20-5-3-2-4-6-20/h7-10,13-14,16,20,22,27H,2-6,11-12,15,17-19H2,1H3,(H,39,42). The number of nitrogens with zero attached hydrogens (tertiary/aromatic N) is 2. The van der Waals surface area contributed by atoms with Crippen LogP contribution in [0.3, 0.4) is 0 Å². The molecule has 2 aromatic carbocycles. The first kappa shape index (κ1) is 32.0. The van der Waals surface area contributed by atoms with Crippen LogP contribution in [-0.2, 0) is 30.8 Å². The van der Waals surface area contributed by atoms with E-state index < -0.39 is 39.7 Å². The lowest BCUT2D eigenvalue weighted by Crippen LogP contribution is -2.52. The summed E-state index contributed by atoms with van der Waals surface area (Å²) >= 11 is 0. The molecule has 49 heavy (non-hydrogen) atoms. The van der Waals surface area contributed by atoms with E-state index in [4.69, 9.17) is 14.2 Å². The van der Waals surface area contributed by atoms with Gasteiger partial charge < -0.3 is 23.7 Å². The molecule has 2 amide bonds. The Morgan fingerprint density at radius 1 is 1.06 bits per heavy atom. The van der Waals surface area contributed by atoms with Gasteiger partial charge in [-0.25, -0.2) is 13.1 Å². The fourth-order valence-corrected chi connectivity index (χ4v) is 9.31. The SMILES string of the molecule is COc1ccc2c(c1)C1CC1(C(=O)N1C=C3OCC1CO3)Cn1c-2c(C2CCCCC2)c2ccc(C(=O)NS(=O)(=O)CCC(F)(F)F)cc21. The Morgan fingerprint density at radius 3 is 2.49 bits per heavy atom. The zero-order valence-electron chi connectivity index (χ0n) is 26.8. The predicted molar refractivity (Wildman–Crippen MR) is 172 cm³/mol. The minimum atomic E-state index is -4.69. The Kier molecular flexibility index (Phi) is 7.47. The first-order valence-electron chi connectivity index (χ1n) is 16.6. The first-order chi connectivity index (χ1) is 23.4. The number of carbonyl (C=O) groups excluding carboxylic acids is 2. The Balaban J connectivity index is 1.28. The van der Waals surface area contributed by atoms with Gasteiger partial charge in [0.05, 0.1) is 36.6 Å². The molecule has 2 unspecified atom stereocenters. The third kappa shape index (κ3) is 5.51. The van der Waals surface area contributed by atoms with E-state index in [2.05, 4.69) is 4.57 Å². The fraction of sp³-hybridized carbons (Fsp3) is 0.486. The summed E-state index contributed by atoms with van der Waals surface area (Å²) in [6, 6.07) is 10.6. The van der Waals surface area contributed by atoms with Crippen LogP contribution in [0.15, 0.2) is 48.5 Å². The summed E-state index contributed by atoms with van der Waals surface area (Å²) in [5.41, 5.74) is 3.95. The molecule has 3 fully saturated rings. The molecule has 0 radical (unpaired) electrons. The molecule has 1 aromatic heterocycles. The van der Waals surface area contributed by atoms with Crippen molar-refractivity contribution < 1.29 is 45.4 Å².